The topological polar surface area (TPSA) is 178 Å². The Labute approximate surface area is 146 Å². The van der Waals surface area contributed by atoms with Crippen molar-refractivity contribution in [3.63, 3.8) is 0 Å². The fraction of sp³-hybridized carbons (Fsp3) is 0.0667. The van der Waals surface area contributed by atoms with Gasteiger partial charge in [0.2, 0.25) is 0 Å². The number of pyridine rings is 1. The molecule has 2 heterocycles. The lowest BCUT2D eigenvalue weighted by Crippen LogP contribution is -2.22. The van der Waals surface area contributed by atoms with Gasteiger partial charge in [0.05, 0.1) is 34.3 Å². The Hall–Kier alpha value is -4.02. The predicted molar refractivity (Wildman–Crippen MR) is 94.5 cm³/mol. The van der Waals surface area contributed by atoms with Crippen LogP contribution in [-0.4, -0.2) is 32.0 Å². The number of nitro groups is 1. The maximum Gasteiger partial charge on any atom is 0.275 e. The summed E-state index contributed by atoms with van der Waals surface area (Å²) in [5.41, 5.74) is 11.7. The Morgan fingerprint density at radius 3 is 2.88 bits per heavy atom. The molecule has 3 rings (SSSR count). The molecule has 0 atom stereocenters. The zero-order chi connectivity index (χ0) is 18.7. The SMILES string of the molecule is NC(N)=NCc1ccc(C(=O)Nc2ccnc3[nH]ncc23)cc1[N+](=O)[O-]. The minimum atomic E-state index is -0.588. The molecule has 26 heavy (non-hydrogen) atoms. The van der Waals surface area contributed by atoms with Gasteiger partial charge < -0.3 is 16.8 Å². The molecule has 0 aliphatic rings. The highest BCUT2D eigenvalue weighted by Crippen LogP contribution is 2.24. The molecule has 0 aliphatic carbocycles. The van der Waals surface area contributed by atoms with Crippen LogP contribution in [0.2, 0.25) is 0 Å². The van der Waals surface area contributed by atoms with E-state index in [0.29, 0.717) is 22.3 Å². The Kier molecular flexibility index (Phi) is 4.43. The highest BCUT2D eigenvalue weighted by Gasteiger charge is 2.18. The lowest BCUT2D eigenvalue weighted by Gasteiger charge is -2.07. The van der Waals surface area contributed by atoms with E-state index in [0.717, 1.165) is 0 Å². The summed E-state index contributed by atoms with van der Waals surface area (Å²) >= 11 is 0. The van der Waals surface area contributed by atoms with Gasteiger partial charge in [0.25, 0.3) is 11.6 Å². The largest absolute Gasteiger partial charge is 0.370 e. The minimum Gasteiger partial charge on any atom is -0.370 e. The average molecular weight is 354 g/mol. The van der Waals surface area contributed by atoms with Crippen molar-refractivity contribution < 1.29 is 9.72 Å². The number of amides is 1. The first-order valence-corrected chi connectivity index (χ1v) is 7.38. The Balaban J connectivity index is 1.90. The number of nitro benzene ring substituents is 1. The van der Waals surface area contributed by atoms with Crippen LogP contribution < -0.4 is 16.8 Å². The summed E-state index contributed by atoms with van der Waals surface area (Å²) in [6.45, 7) is -0.0550. The molecule has 0 radical (unpaired) electrons. The van der Waals surface area contributed by atoms with E-state index in [4.69, 9.17) is 11.5 Å². The number of H-pyrrole nitrogens is 1. The number of nitrogens with one attached hydrogen (secondary N) is 2. The third-order valence-electron chi connectivity index (χ3n) is 3.58. The van der Waals surface area contributed by atoms with Gasteiger partial charge in [-0.3, -0.25) is 20.0 Å². The van der Waals surface area contributed by atoms with Gasteiger partial charge >= 0.3 is 0 Å². The number of benzene rings is 1. The summed E-state index contributed by atoms with van der Waals surface area (Å²) in [6, 6.07) is 5.70. The highest BCUT2D eigenvalue weighted by atomic mass is 16.6. The molecule has 0 aliphatic heterocycles. The molecule has 132 valence electrons. The van der Waals surface area contributed by atoms with Crippen molar-refractivity contribution in [1.82, 2.24) is 15.2 Å². The van der Waals surface area contributed by atoms with Crippen molar-refractivity contribution in [2.75, 3.05) is 5.32 Å². The standard InChI is InChI=1S/C15H14N8O3/c16-15(17)19-6-9-2-1-8(5-12(9)23(25)26)14(24)21-11-3-4-18-13-10(11)7-20-22-13/h1-5,7H,6H2,(H4,16,17,19)(H2,18,20,21,22,24). The van der Waals surface area contributed by atoms with Gasteiger partial charge in [-0.25, -0.2) is 9.98 Å². The number of hydrogen-bond acceptors (Lipinski definition) is 6. The molecule has 11 heteroatoms. The van der Waals surface area contributed by atoms with Crippen LogP contribution in [0, 0.1) is 10.1 Å². The lowest BCUT2D eigenvalue weighted by atomic mass is 10.1. The molecule has 11 nitrogen and oxygen atoms in total. The summed E-state index contributed by atoms with van der Waals surface area (Å²) in [4.78, 5) is 31.0. The van der Waals surface area contributed by atoms with Crippen LogP contribution in [0.25, 0.3) is 11.0 Å². The van der Waals surface area contributed by atoms with Crippen LogP contribution in [0.5, 0.6) is 0 Å². The molecule has 0 unspecified atom stereocenters. The van der Waals surface area contributed by atoms with Crippen LogP contribution in [-0.2, 0) is 6.54 Å². The number of hydrogen-bond donors (Lipinski definition) is 4. The Bertz CT molecular complexity index is 1020. The molecular weight excluding hydrogens is 340 g/mol. The van der Waals surface area contributed by atoms with Crippen LogP contribution in [0.1, 0.15) is 15.9 Å². The van der Waals surface area contributed by atoms with Crippen molar-refractivity contribution in [2.24, 2.45) is 16.5 Å². The van der Waals surface area contributed by atoms with E-state index in [1.165, 1.54) is 30.6 Å². The van der Waals surface area contributed by atoms with Crippen molar-refractivity contribution in [3.05, 3.63) is 57.9 Å². The first kappa shape index (κ1) is 16.8. The normalized spacial score (nSPS) is 10.5. The first-order chi connectivity index (χ1) is 12.5. The number of aromatic amines is 1. The summed E-state index contributed by atoms with van der Waals surface area (Å²) in [6.07, 6.45) is 3.04. The first-order valence-electron chi connectivity index (χ1n) is 7.38. The highest BCUT2D eigenvalue weighted by molar-refractivity contribution is 6.08. The van der Waals surface area contributed by atoms with Gasteiger partial charge in [-0.1, -0.05) is 0 Å². The van der Waals surface area contributed by atoms with Crippen molar-refractivity contribution in [3.8, 4) is 0 Å². The summed E-state index contributed by atoms with van der Waals surface area (Å²) in [5.74, 6) is -0.682. The molecule has 6 N–H and O–H groups in total. The minimum absolute atomic E-state index is 0.0550. The smallest absolute Gasteiger partial charge is 0.275 e. The third kappa shape index (κ3) is 3.40. The maximum atomic E-state index is 12.5. The van der Waals surface area contributed by atoms with E-state index in [9.17, 15) is 14.9 Å². The van der Waals surface area contributed by atoms with E-state index in [1.54, 1.807) is 6.07 Å². The number of rotatable bonds is 5. The number of guanidine groups is 1. The quantitative estimate of drug-likeness (QED) is 0.227. The summed E-state index contributed by atoms with van der Waals surface area (Å²) < 4.78 is 0. The van der Waals surface area contributed by atoms with Crippen LogP contribution in [0.4, 0.5) is 11.4 Å². The van der Waals surface area contributed by atoms with Crippen molar-refractivity contribution >= 4 is 34.3 Å². The van der Waals surface area contributed by atoms with Gasteiger partial charge in [0.15, 0.2) is 11.6 Å². The molecule has 2 aromatic heterocycles. The predicted octanol–water partition coefficient (Wildman–Crippen LogP) is 0.892. The molecular formula is C15H14N8O3. The number of carbonyl (C=O) groups is 1. The number of aromatic nitrogens is 3. The molecule has 0 saturated carbocycles. The number of nitrogens with two attached hydrogens (primary N) is 2. The second kappa shape index (κ2) is 6.84. The number of nitrogens with zero attached hydrogens (tertiary/aromatic N) is 4. The van der Waals surface area contributed by atoms with Crippen molar-refractivity contribution in [2.45, 2.75) is 6.54 Å². The molecule has 0 fully saturated rings. The van der Waals surface area contributed by atoms with Crippen molar-refractivity contribution in [1.29, 1.82) is 0 Å². The zero-order valence-electron chi connectivity index (χ0n) is 13.3. The van der Waals surface area contributed by atoms with Gasteiger partial charge in [-0.05, 0) is 18.2 Å². The molecule has 3 aromatic rings. The number of fused-ring (bicyclic) bond motifs is 1. The summed E-state index contributed by atoms with van der Waals surface area (Å²) in [5, 5.41) is 21.2. The van der Waals surface area contributed by atoms with Gasteiger partial charge in [-0.2, -0.15) is 5.10 Å². The van der Waals surface area contributed by atoms with E-state index in [2.05, 4.69) is 25.5 Å². The number of aliphatic imine (C=N–C) groups is 1. The van der Waals surface area contributed by atoms with E-state index >= 15 is 0 Å². The molecule has 0 saturated heterocycles. The van der Waals surface area contributed by atoms with Crippen LogP contribution in [0.3, 0.4) is 0 Å². The molecule has 0 bridgehead atoms. The maximum absolute atomic E-state index is 12.5. The molecule has 1 aromatic carbocycles. The second-order valence-electron chi connectivity index (χ2n) is 5.29. The second-order valence-corrected chi connectivity index (χ2v) is 5.29. The molecule has 0 spiro atoms. The number of anilines is 1. The van der Waals surface area contributed by atoms with E-state index in [-0.39, 0.29) is 23.8 Å². The van der Waals surface area contributed by atoms with Gasteiger partial charge in [-0.15, -0.1) is 0 Å². The average Bonchev–Trinajstić information content (AvgIpc) is 3.09. The number of carbonyl (C=O) groups excluding carboxylic acids is 1. The zero-order valence-corrected chi connectivity index (χ0v) is 13.3. The monoisotopic (exact) mass is 354 g/mol. The van der Waals surface area contributed by atoms with Gasteiger partial charge in [0, 0.05) is 17.8 Å². The fourth-order valence-electron chi connectivity index (χ4n) is 2.34. The summed E-state index contributed by atoms with van der Waals surface area (Å²) in [7, 11) is 0. The molecule has 1 amide bonds. The van der Waals surface area contributed by atoms with E-state index in [1.807, 2.05) is 0 Å². The fourth-order valence-corrected chi connectivity index (χ4v) is 2.34. The lowest BCUT2D eigenvalue weighted by molar-refractivity contribution is -0.385. The van der Waals surface area contributed by atoms with Gasteiger partial charge in [0.1, 0.15) is 0 Å². The van der Waals surface area contributed by atoms with Crippen LogP contribution in [0.15, 0.2) is 41.7 Å². The third-order valence-corrected chi connectivity index (χ3v) is 3.58. The van der Waals surface area contributed by atoms with E-state index < -0.39 is 10.8 Å². The Morgan fingerprint density at radius 1 is 1.35 bits per heavy atom. The Morgan fingerprint density at radius 2 is 2.15 bits per heavy atom. The van der Waals surface area contributed by atoms with Crippen LogP contribution >= 0.6 is 0 Å².